The first-order valence-electron chi connectivity index (χ1n) is 8.93. The van der Waals surface area contributed by atoms with Gasteiger partial charge in [-0.3, -0.25) is 4.79 Å². The van der Waals surface area contributed by atoms with Crippen molar-refractivity contribution in [2.45, 2.75) is 46.2 Å². The molecule has 3 rings (SSSR count). The van der Waals surface area contributed by atoms with Crippen LogP contribution in [-0.2, 0) is 6.54 Å². The van der Waals surface area contributed by atoms with Gasteiger partial charge in [0.05, 0.1) is 17.1 Å². The van der Waals surface area contributed by atoms with E-state index in [-0.39, 0.29) is 11.9 Å². The number of hydrogen-bond donors (Lipinski definition) is 1. The van der Waals surface area contributed by atoms with Gasteiger partial charge in [-0.1, -0.05) is 43.7 Å². The molecule has 0 aliphatic carbocycles. The summed E-state index contributed by atoms with van der Waals surface area (Å²) in [6.07, 6.45) is 2.21. The molecule has 0 bridgehead atoms. The average Bonchev–Trinajstić information content (AvgIpc) is 2.99. The van der Waals surface area contributed by atoms with E-state index in [4.69, 9.17) is 4.98 Å². The smallest absolute Gasteiger partial charge is 0.252 e. The van der Waals surface area contributed by atoms with Gasteiger partial charge in [0.25, 0.3) is 5.91 Å². The predicted molar refractivity (Wildman–Crippen MR) is 102 cm³/mol. The fourth-order valence-electron chi connectivity index (χ4n) is 3.14. The molecule has 130 valence electrons. The summed E-state index contributed by atoms with van der Waals surface area (Å²) in [6, 6.07) is 15.6. The van der Waals surface area contributed by atoms with Crippen LogP contribution in [0.1, 0.15) is 54.5 Å². The lowest BCUT2D eigenvalue weighted by Gasteiger charge is -2.17. The molecule has 3 aromatic rings. The van der Waals surface area contributed by atoms with E-state index in [0.29, 0.717) is 5.56 Å². The molecule has 1 atom stereocenters. The minimum atomic E-state index is -0.156. The van der Waals surface area contributed by atoms with Gasteiger partial charge >= 0.3 is 0 Å². The van der Waals surface area contributed by atoms with Crippen LogP contribution in [0.2, 0.25) is 0 Å². The molecule has 1 heterocycles. The highest BCUT2D eigenvalue weighted by atomic mass is 16.1. The van der Waals surface area contributed by atoms with Crippen molar-refractivity contribution in [2.24, 2.45) is 0 Å². The minimum Gasteiger partial charge on any atom is -0.342 e. The number of carbonyl (C=O) groups excluding carboxylic acids is 1. The summed E-state index contributed by atoms with van der Waals surface area (Å²) in [5.41, 5.74) is 3.80. The van der Waals surface area contributed by atoms with E-state index in [1.165, 1.54) is 0 Å². The number of carbonyl (C=O) groups is 1. The molecule has 0 spiro atoms. The molecule has 4 nitrogen and oxygen atoms in total. The highest BCUT2D eigenvalue weighted by Gasteiger charge is 2.19. The molecule has 1 unspecified atom stereocenters. The second-order valence-electron chi connectivity index (χ2n) is 6.47. The lowest BCUT2D eigenvalue weighted by molar-refractivity contribution is 0.0937. The fourth-order valence-corrected chi connectivity index (χ4v) is 3.14. The van der Waals surface area contributed by atoms with E-state index in [9.17, 15) is 4.79 Å². The SMILES string of the molecule is CCCCn1c(C(C)NC(=O)c2ccccc2C)nc2ccccc21. The first-order chi connectivity index (χ1) is 12.1. The third-order valence-corrected chi connectivity index (χ3v) is 4.54. The quantitative estimate of drug-likeness (QED) is 0.713. The zero-order chi connectivity index (χ0) is 17.8. The van der Waals surface area contributed by atoms with E-state index in [1.54, 1.807) is 0 Å². The van der Waals surface area contributed by atoms with E-state index in [0.717, 1.165) is 41.8 Å². The van der Waals surface area contributed by atoms with Gasteiger partial charge < -0.3 is 9.88 Å². The molecule has 0 fully saturated rings. The van der Waals surface area contributed by atoms with Gasteiger partial charge in [-0.05, 0) is 44.0 Å². The maximum absolute atomic E-state index is 12.6. The van der Waals surface area contributed by atoms with Crippen LogP contribution >= 0.6 is 0 Å². The molecule has 2 aromatic carbocycles. The molecule has 0 saturated heterocycles. The normalized spacial score (nSPS) is 12.3. The Hall–Kier alpha value is -2.62. The van der Waals surface area contributed by atoms with Crippen LogP contribution in [0.15, 0.2) is 48.5 Å². The predicted octanol–water partition coefficient (Wildman–Crippen LogP) is 4.64. The van der Waals surface area contributed by atoms with Gasteiger partial charge in [-0.15, -0.1) is 0 Å². The number of benzene rings is 2. The maximum atomic E-state index is 12.6. The Bertz CT molecular complexity index is 882. The third-order valence-electron chi connectivity index (χ3n) is 4.54. The van der Waals surface area contributed by atoms with Gasteiger partial charge in [0.2, 0.25) is 0 Å². The van der Waals surface area contributed by atoms with Crippen molar-refractivity contribution in [2.75, 3.05) is 0 Å². The molecular weight excluding hydrogens is 310 g/mol. The molecule has 1 N–H and O–H groups in total. The van der Waals surface area contributed by atoms with Crippen LogP contribution in [0.5, 0.6) is 0 Å². The summed E-state index contributed by atoms with van der Waals surface area (Å²) in [5, 5.41) is 3.11. The van der Waals surface area contributed by atoms with E-state index >= 15 is 0 Å². The molecule has 0 radical (unpaired) electrons. The van der Waals surface area contributed by atoms with Crippen molar-refractivity contribution in [3.63, 3.8) is 0 Å². The number of aromatic nitrogens is 2. The Morgan fingerprint density at radius 1 is 1.16 bits per heavy atom. The zero-order valence-electron chi connectivity index (χ0n) is 15.1. The zero-order valence-corrected chi connectivity index (χ0v) is 15.1. The van der Waals surface area contributed by atoms with Gasteiger partial charge in [0.15, 0.2) is 0 Å². The van der Waals surface area contributed by atoms with Crippen molar-refractivity contribution in [1.82, 2.24) is 14.9 Å². The summed E-state index contributed by atoms with van der Waals surface area (Å²) >= 11 is 0. The van der Waals surface area contributed by atoms with E-state index < -0.39 is 0 Å². The highest BCUT2D eigenvalue weighted by molar-refractivity contribution is 5.95. The van der Waals surface area contributed by atoms with Crippen molar-refractivity contribution in [3.8, 4) is 0 Å². The van der Waals surface area contributed by atoms with Crippen molar-refractivity contribution < 1.29 is 4.79 Å². The number of unbranched alkanes of at least 4 members (excludes halogenated alkanes) is 1. The number of imidazole rings is 1. The Morgan fingerprint density at radius 2 is 1.88 bits per heavy atom. The van der Waals surface area contributed by atoms with Crippen LogP contribution in [0.4, 0.5) is 0 Å². The molecule has 0 aliphatic rings. The topological polar surface area (TPSA) is 46.9 Å². The summed E-state index contributed by atoms with van der Waals surface area (Å²) in [6.45, 7) is 7.05. The van der Waals surface area contributed by atoms with Crippen molar-refractivity contribution >= 4 is 16.9 Å². The lowest BCUT2D eigenvalue weighted by atomic mass is 10.1. The van der Waals surface area contributed by atoms with Crippen LogP contribution in [0, 0.1) is 6.92 Å². The lowest BCUT2D eigenvalue weighted by Crippen LogP contribution is -2.29. The molecule has 0 aliphatic heterocycles. The Labute approximate surface area is 148 Å². The molecule has 0 saturated carbocycles. The fraction of sp³-hybridized carbons (Fsp3) is 0.333. The molecule has 1 amide bonds. The largest absolute Gasteiger partial charge is 0.342 e. The van der Waals surface area contributed by atoms with E-state index in [2.05, 4.69) is 22.9 Å². The van der Waals surface area contributed by atoms with Gasteiger partial charge in [-0.25, -0.2) is 4.98 Å². The molecule has 25 heavy (non-hydrogen) atoms. The minimum absolute atomic E-state index is 0.0558. The van der Waals surface area contributed by atoms with Gasteiger partial charge in [-0.2, -0.15) is 0 Å². The van der Waals surface area contributed by atoms with Gasteiger partial charge in [0.1, 0.15) is 5.82 Å². The van der Waals surface area contributed by atoms with Crippen LogP contribution in [0.25, 0.3) is 11.0 Å². The highest BCUT2D eigenvalue weighted by Crippen LogP contribution is 2.22. The number of fused-ring (bicyclic) bond motifs is 1. The number of nitrogens with zero attached hydrogens (tertiary/aromatic N) is 2. The summed E-state index contributed by atoms with van der Waals surface area (Å²) in [5.74, 6) is 0.858. The Kier molecular flexibility index (Phi) is 5.17. The van der Waals surface area contributed by atoms with Crippen LogP contribution in [0.3, 0.4) is 0 Å². The number of amides is 1. The monoisotopic (exact) mass is 335 g/mol. The Morgan fingerprint density at radius 3 is 2.64 bits per heavy atom. The van der Waals surface area contributed by atoms with Crippen LogP contribution < -0.4 is 5.32 Å². The standard InChI is InChI=1S/C21H25N3O/c1-4-5-14-24-19-13-9-8-12-18(19)23-20(24)16(3)22-21(25)17-11-7-6-10-15(17)2/h6-13,16H,4-5,14H2,1-3H3,(H,22,25). The van der Waals surface area contributed by atoms with Crippen LogP contribution in [-0.4, -0.2) is 15.5 Å². The second-order valence-corrected chi connectivity index (χ2v) is 6.47. The summed E-state index contributed by atoms with van der Waals surface area (Å²) in [7, 11) is 0. The Balaban J connectivity index is 1.90. The first-order valence-corrected chi connectivity index (χ1v) is 8.93. The number of rotatable bonds is 6. The van der Waals surface area contributed by atoms with Crippen molar-refractivity contribution in [3.05, 3.63) is 65.5 Å². The summed E-state index contributed by atoms with van der Waals surface area (Å²) in [4.78, 5) is 17.4. The number of para-hydroxylation sites is 2. The second kappa shape index (κ2) is 7.51. The maximum Gasteiger partial charge on any atom is 0.252 e. The first kappa shape index (κ1) is 17.2. The molecule has 4 heteroatoms. The van der Waals surface area contributed by atoms with E-state index in [1.807, 2.05) is 56.3 Å². The van der Waals surface area contributed by atoms with Gasteiger partial charge in [0, 0.05) is 12.1 Å². The molecular formula is C21H25N3O. The number of aryl methyl sites for hydroxylation is 2. The molecule has 1 aromatic heterocycles. The average molecular weight is 335 g/mol. The number of nitrogens with one attached hydrogen (secondary N) is 1. The number of hydrogen-bond acceptors (Lipinski definition) is 2. The van der Waals surface area contributed by atoms with Crippen molar-refractivity contribution in [1.29, 1.82) is 0 Å². The third kappa shape index (κ3) is 3.58. The summed E-state index contributed by atoms with van der Waals surface area (Å²) < 4.78 is 2.24.